The Kier molecular flexibility index (Phi) is 7.54. The lowest BCUT2D eigenvalue weighted by Crippen LogP contribution is -2.45. The molecule has 0 radical (unpaired) electrons. The lowest BCUT2D eigenvalue weighted by molar-refractivity contribution is 0.0846. The van der Waals surface area contributed by atoms with Gasteiger partial charge >= 0.3 is 0 Å². The summed E-state index contributed by atoms with van der Waals surface area (Å²) in [6.07, 6.45) is 0.969. The van der Waals surface area contributed by atoms with Crippen molar-refractivity contribution in [2.75, 3.05) is 20.3 Å². The van der Waals surface area contributed by atoms with Gasteiger partial charge < -0.3 is 10.5 Å². The Balaban J connectivity index is 2.99. The third-order valence-electron chi connectivity index (χ3n) is 3.34. The summed E-state index contributed by atoms with van der Waals surface area (Å²) in [5.74, 6) is 0. The van der Waals surface area contributed by atoms with Crippen LogP contribution in [0.3, 0.4) is 0 Å². The first-order chi connectivity index (χ1) is 9.01. The fourth-order valence-electron chi connectivity index (χ4n) is 2.25. The molecule has 1 heterocycles. The van der Waals surface area contributed by atoms with Crippen molar-refractivity contribution in [3.05, 3.63) is 20.8 Å². The number of thiophene rings is 1. The zero-order valence-corrected chi connectivity index (χ0v) is 14.6. The van der Waals surface area contributed by atoms with Crippen LogP contribution in [0.5, 0.6) is 0 Å². The van der Waals surface area contributed by atoms with Crippen molar-refractivity contribution in [1.29, 1.82) is 0 Å². The molecule has 0 spiro atoms. The molecule has 0 aliphatic heterocycles. The van der Waals surface area contributed by atoms with E-state index in [1.54, 1.807) is 18.4 Å². The van der Waals surface area contributed by atoms with Crippen LogP contribution in [0.4, 0.5) is 0 Å². The van der Waals surface area contributed by atoms with Crippen LogP contribution in [0.2, 0.25) is 0 Å². The zero-order valence-electron chi connectivity index (χ0n) is 12.2. The summed E-state index contributed by atoms with van der Waals surface area (Å²) in [7, 11) is 1.75. The third kappa shape index (κ3) is 4.83. The maximum Gasteiger partial charge on any atom is 0.0702 e. The van der Waals surface area contributed by atoms with Gasteiger partial charge in [-0.05, 0) is 48.3 Å². The Bertz CT molecular complexity index is 370. The van der Waals surface area contributed by atoms with Crippen LogP contribution >= 0.6 is 27.3 Å². The zero-order chi connectivity index (χ0) is 14.4. The first-order valence-electron chi connectivity index (χ1n) is 6.76. The second-order valence-electron chi connectivity index (χ2n) is 4.98. The minimum absolute atomic E-state index is 0.143. The van der Waals surface area contributed by atoms with Crippen molar-refractivity contribution in [3.63, 3.8) is 0 Å². The van der Waals surface area contributed by atoms with Gasteiger partial charge in [0, 0.05) is 30.6 Å². The van der Waals surface area contributed by atoms with Crippen molar-refractivity contribution in [2.45, 2.75) is 45.3 Å². The summed E-state index contributed by atoms with van der Waals surface area (Å²) in [5, 5.41) is 0. The first kappa shape index (κ1) is 17.1. The van der Waals surface area contributed by atoms with Gasteiger partial charge in [0.15, 0.2) is 0 Å². The van der Waals surface area contributed by atoms with Gasteiger partial charge in [-0.25, -0.2) is 0 Å². The van der Waals surface area contributed by atoms with Crippen LogP contribution in [-0.2, 0) is 4.74 Å². The maximum atomic E-state index is 6.38. The minimum atomic E-state index is 0.143. The monoisotopic (exact) mass is 348 g/mol. The van der Waals surface area contributed by atoms with E-state index in [1.807, 2.05) is 0 Å². The number of nitrogens with two attached hydrogens (primary N) is 1. The summed E-state index contributed by atoms with van der Waals surface area (Å²) in [6.45, 7) is 8.22. The first-order valence-corrected chi connectivity index (χ1v) is 8.37. The van der Waals surface area contributed by atoms with E-state index < -0.39 is 0 Å². The van der Waals surface area contributed by atoms with Crippen LogP contribution in [0.1, 0.15) is 38.1 Å². The van der Waals surface area contributed by atoms with Crippen LogP contribution in [0.25, 0.3) is 0 Å². The average molecular weight is 349 g/mol. The standard InChI is InChI=1S/C14H25BrN2OS/c1-5-11(16)14(12-6-7-13(15)19-12)17(10(2)3)8-9-18-4/h6-7,10-11,14H,5,8-9,16H2,1-4H3. The van der Waals surface area contributed by atoms with Crippen molar-refractivity contribution in [3.8, 4) is 0 Å². The molecule has 110 valence electrons. The molecule has 0 saturated heterocycles. The molecule has 2 unspecified atom stereocenters. The second kappa shape index (κ2) is 8.37. The lowest BCUT2D eigenvalue weighted by Gasteiger charge is -2.37. The molecule has 0 fully saturated rings. The van der Waals surface area contributed by atoms with E-state index in [4.69, 9.17) is 10.5 Å². The molecule has 19 heavy (non-hydrogen) atoms. The van der Waals surface area contributed by atoms with E-state index in [0.29, 0.717) is 6.04 Å². The van der Waals surface area contributed by atoms with Crippen LogP contribution < -0.4 is 5.73 Å². The molecule has 1 aromatic rings. The SMILES string of the molecule is CCC(N)C(c1ccc(Br)s1)N(CCOC)C(C)C. The van der Waals surface area contributed by atoms with Crippen molar-refractivity contribution >= 4 is 27.3 Å². The van der Waals surface area contributed by atoms with Crippen molar-refractivity contribution in [1.82, 2.24) is 4.90 Å². The van der Waals surface area contributed by atoms with Gasteiger partial charge in [0.1, 0.15) is 0 Å². The molecule has 2 atom stereocenters. The van der Waals surface area contributed by atoms with Crippen molar-refractivity contribution in [2.24, 2.45) is 5.73 Å². The predicted octanol–water partition coefficient (Wildman–Crippen LogP) is 3.65. The Morgan fingerprint density at radius 3 is 2.53 bits per heavy atom. The molecule has 2 N–H and O–H groups in total. The summed E-state index contributed by atoms with van der Waals surface area (Å²) in [4.78, 5) is 3.77. The lowest BCUT2D eigenvalue weighted by atomic mass is 10.0. The van der Waals surface area contributed by atoms with Gasteiger partial charge in [-0.2, -0.15) is 0 Å². The topological polar surface area (TPSA) is 38.5 Å². The van der Waals surface area contributed by atoms with Gasteiger partial charge in [0.05, 0.1) is 16.4 Å². The van der Waals surface area contributed by atoms with E-state index in [1.165, 1.54) is 4.88 Å². The Morgan fingerprint density at radius 1 is 1.42 bits per heavy atom. The fourth-order valence-corrected chi connectivity index (χ4v) is 3.87. The number of halogens is 1. The van der Waals surface area contributed by atoms with E-state index in [-0.39, 0.29) is 12.1 Å². The summed E-state index contributed by atoms with van der Waals surface area (Å²) >= 11 is 5.32. The highest BCUT2D eigenvalue weighted by molar-refractivity contribution is 9.11. The number of hydrogen-bond donors (Lipinski definition) is 1. The normalized spacial score (nSPS) is 15.2. The summed E-state index contributed by atoms with van der Waals surface area (Å²) < 4.78 is 6.40. The highest BCUT2D eigenvalue weighted by Gasteiger charge is 2.28. The highest BCUT2D eigenvalue weighted by atomic mass is 79.9. The van der Waals surface area contributed by atoms with Crippen molar-refractivity contribution < 1.29 is 4.74 Å². The molecule has 0 aromatic carbocycles. The number of hydrogen-bond acceptors (Lipinski definition) is 4. The van der Waals surface area contributed by atoms with Gasteiger partial charge in [-0.1, -0.05) is 6.92 Å². The number of nitrogens with zero attached hydrogens (tertiary/aromatic N) is 1. The smallest absolute Gasteiger partial charge is 0.0702 e. The van der Waals surface area contributed by atoms with E-state index >= 15 is 0 Å². The quantitative estimate of drug-likeness (QED) is 0.779. The van der Waals surface area contributed by atoms with E-state index in [0.717, 1.165) is 23.4 Å². The Labute approximate surface area is 129 Å². The van der Waals surface area contributed by atoms with Crippen LogP contribution in [0, 0.1) is 0 Å². The molecule has 5 heteroatoms. The highest BCUT2D eigenvalue weighted by Crippen LogP contribution is 2.34. The van der Waals surface area contributed by atoms with Gasteiger partial charge in [-0.3, -0.25) is 4.90 Å². The minimum Gasteiger partial charge on any atom is -0.383 e. The van der Waals surface area contributed by atoms with E-state index in [9.17, 15) is 0 Å². The molecular weight excluding hydrogens is 324 g/mol. The Morgan fingerprint density at radius 2 is 2.11 bits per heavy atom. The maximum absolute atomic E-state index is 6.38. The summed E-state index contributed by atoms with van der Waals surface area (Å²) in [5.41, 5.74) is 6.38. The molecule has 1 aromatic heterocycles. The molecule has 0 bridgehead atoms. The molecule has 0 aliphatic rings. The van der Waals surface area contributed by atoms with Crippen LogP contribution in [0.15, 0.2) is 15.9 Å². The van der Waals surface area contributed by atoms with Crippen LogP contribution in [-0.4, -0.2) is 37.2 Å². The largest absolute Gasteiger partial charge is 0.383 e. The molecule has 0 amide bonds. The molecule has 3 nitrogen and oxygen atoms in total. The number of rotatable bonds is 8. The Hall–Kier alpha value is 0.0600. The fraction of sp³-hybridized carbons (Fsp3) is 0.714. The van der Waals surface area contributed by atoms with Gasteiger partial charge in [0.25, 0.3) is 0 Å². The third-order valence-corrected chi connectivity index (χ3v) is 5.03. The van der Waals surface area contributed by atoms with E-state index in [2.05, 4.69) is 53.7 Å². The van der Waals surface area contributed by atoms with Gasteiger partial charge in [0.2, 0.25) is 0 Å². The number of ether oxygens (including phenoxy) is 1. The molecule has 0 aliphatic carbocycles. The molecule has 0 saturated carbocycles. The summed E-state index contributed by atoms with van der Waals surface area (Å²) in [6, 6.07) is 5.13. The second-order valence-corrected chi connectivity index (χ2v) is 7.48. The average Bonchev–Trinajstić information content (AvgIpc) is 2.79. The molecular formula is C14H25BrN2OS. The van der Waals surface area contributed by atoms with Gasteiger partial charge in [-0.15, -0.1) is 11.3 Å². The molecule has 1 rings (SSSR count). The predicted molar refractivity (Wildman–Crippen MR) is 86.7 cm³/mol. The number of methoxy groups -OCH3 is 1.